The lowest BCUT2D eigenvalue weighted by Crippen LogP contribution is -2.20. The van der Waals surface area contributed by atoms with Gasteiger partial charge < -0.3 is 14.7 Å². The molecule has 2 rings (SSSR count). The van der Waals surface area contributed by atoms with Crippen LogP contribution in [0.5, 0.6) is 0 Å². The van der Waals surface area contributed by atoms with E-state index in [-0.39, 0.29) is 0 Å². The number of nitrogens with zero attached hydrogens (tertiary/aromatic N) is 3. The Balaban J connectivity index is 1.97. The highest BCUT2D eigenvalue weighted by Crippen LogP contribution is 2.16. The largest absolute Gasteiger partial charge is 0.336 e. The monoisotopic (exact) mass is 232 g/mol. The number of nitrogens with one attached hydrogen (secondary N) is 1. The van der Waals surface area contributed by atoms with E-state index < -0.39 is 0 Å². The fraction of sp³-hybridized carbons (Fsp3) is 0.333. The van der Waals surface area contributed by atoms with Gasteiger partial charge in [-0.05, 0) is 14.1 Å². The van der Waals surface area contributed by atoms with Crippen molar-refractivity contribution >= 4 is 6.01 Å². The van der Waals surface area contributed by atoms with Gasteiger partial charge in [0.05, 0.1) is 0 Å². The molecule has 0 amide bonds. The third kappa shape index (κ3) is 3.29. The van der Waals surface area contributed by atoms with Crippen molar-refractivity contribution in [3.05, 3.63) is 30.3 Å². The molecule has 1 aromatic heterocycles. The molecule has 0 aliphatic rings. The fourth-order valence-electron chi connectivity index (χ4n) is 1.39. The number of hydrogen-bond donors (Lipinski definition) is 1. The van der Waals surface area contributed by atoms with Crippen LogP contribution in [0.1, 0.15) is 0 Å². The fourth-order valence-corrected chi connectivity index (χ4v) is 1.39. The van der Waals surface area contributed by atoms with Crippen LogP contribution in [0.2, 0.25) is 0 Å². The standard InChI is InChI=1S/C12H16N4O/c1-16(2)9-8-13-12-14-11(15-17-12)10-6-4-3-5-7-10/h3-7H,8-9H2,1-2H3,(H,13,14,15). The second-order valence-corrected chi connectivity index (χ2v) is 4.02. The highest BCUT2D eigenvalue weighted by Gasteiger charge is 2.06. The molecule has 5 nitrogen and oxygen atoms in total. The summed E-state index contributed by atoms with van der Waals surface area (Å²) in [6.07, 6.45) is 0. The van der Waals surface area contributed by atoms with Gasteiger partial charge in [0, 0.05) is 18.7 Å². The summed E-state index contributed by atoms with van der Waals surface area (Å²) in [6.45, 7) is 1.70. The number of hydrogen-bond acceptors (Lipinski definition) is 5. The SMILES string of the molecule is CN(C)CCNc1nc(-c2ccccc2)no1. The molecule has 5 heteroatoms. The van der Waals surface area contributed by atoms with Gasteiger partial charge in [0.25, 0.3) is 0 Å². The lowest BCUT2D eigenvalue weighted by atomic mass is 10.2. The number of aromatic nitrogens is 2. The van der Waals surface area contributed by atoms with Crippen molar-refractivity contribution < 1.29 is 4.52 Å². The van der Waals surface area contributed by atoms with Gasteiger partial charge >= 0.3 is 6.01 Å². The molecule has 0 aliphatic carbocycles. The van der Waals surface area contributed by atoms with Crippen molar-refractivity contribution in [1.82, 2.24) is 15.0 Å². The van der Waals surface area contributed by atoms with Crippen LogP contribution < -0.4 is 5.32 Å². The molecule has 0 radical (unpaired) electrons. The van der Waals surface area contributed by atoms with E-state index in [1.165, 1.54) is 0 Å². The van der Waals surface area contributed by atoms with Crippen LogP contribution in [0.15, 0.2) is 34.9 Å². The highest BCUT2D eigenvalue weighted by atomic mass is 16.5. The van der Waals surface area contributed by atoms with Crippen molar-refractivity contribution in [1.29, 1.82) is 0 Å². The van der Waals surface area contributed by atoms with Gasteiger partial charge in [0.2, 0.25) is 5.82 Å². The Morgan fingerprint density at radius 3 is 2.71 bits per heavy atom. The summed E-state index contributed by atoms with van der Waals surface area (Å²) in [5.74, 6) is 0.609. The Labute approximate surface area is 100 Å². The molecule has 1 heterocycles. The summed E-state index contributed by atoms with van der Waals surface area (Å²) in [5.41, 5.74) is 0.955. The topological polar surface area (TPSA) is 54.2 Å². The maximum Gasteiger partial charge on any atom is 0.321 e. The van der Waals surface area contributed by atoms with Crippen molar-refractivity contribution in [3.8, 4) is 11.4 Å². The van der Waals surface area contributed by atoms with Crippen molar-refractivity contribution in [2.45, 2.75) is 0 Å². The summed E-state index contributed by atoms with van der Waals surface area (Å²) in [4.78, 5) is 6.35. The van der Waals surface area contributed by atoms with E-state index in [1.54, 1.807) is 0 Å². The predicted molar refractivity (Wildman–Crippen MR) is 66.8 cm³/mol. The third-order valence-electron chi connectivity index (χ3n) is 2.29. The lowest BCUT2D eigenvalue weighted by molar-refractivity contribution is 0.410. The van der Waals surface area contributed by atoms with E-state index in [2.05, 4.69) is 20.4 Å². The quantitative estimate of drug-likeness (QED) is 0.850. The summed E-state index contributed by atoms with van der Waals surface area (Å²) < 4.78 is 5.11. The Morgan fingerprint density at radius 1 is 1.24 bits per heavy atom. The maximum atomic E-state index is 5.11. The minimum absolute atomic E-state index is 0.464. The second kappa shape index (κ2) is 5.45. The van der Waals surface area contributed by atoms with Crippen LogP contribution in [0.4, 0.5) is 6.01 Å². The molecule has 2 aromatic rings. The molecule has 0 saturated carbocycles. The van der Waals surface area contributed by atoms with Crippen LogP contribution in [-0.2, 0) is 0 Å². The van der Waals surface area contributed by atoms with E-state index in [1.807, 2.05) is 44.4 Å². The number of rotatable bonds is 5. The van der Waals surface area contributed by atoms with Crippen LogP contribution in [0.25, 0.3) is 11.4 Å². The highest BCUT2D eigenvalue weighted by molar-refractivity contribution is 5.54. The first kappa shape index (κ1) is 11.6. The number of anilines is 1. The molecule has 0 fully saturated rings. The van der Waals surface area contributed by atoms with E-state index in [0.29, 0.717) is 11.8 Å². The maximum absolute atomic E-state index is 5.11. The molecule has 0 saturated heterocycles. The number of benzene rings is 1. The minimum atomic E-state index is 0.464. The van der Waals surface area contributed by atoms with Gasteiger partial charge in [0.1, 0.15) is 0 Å². The van der Waals surface area contributed by atoms with Crippen molar-refractivity contribution in [2.24, 2.45) is 0 Å². The van der Waals surface area contributed by atoms with Gasteiger partial charge in [-0.2, -0.15) is 4.98 Å². The predicted octanol–water partition coefficient (Wildman–Crippen LogP) is 1.71. The van der Waals surface area contributed by atoms with Gasteiger partial charge in [-0.1, -0.05) is 35.5 Å². The Morgan fingerprint density at radius 2 is 2.00 bits per heavy atom. The van der Waals surface area contributed by atoms with Crippen LogP contribution in [0.3, 0.4) is 0 Å². The van der Waals surface area contributed by atoms with Crippen molar-refractivity contribution in [2.75, 3.05) is 32.5 Å². The van der Waals surface area contributed by atoms with Gasteiger partial charge in [-0.3, -0.25) is 0 Å². The first-order valence-electron chi connectivity index (χ1n) is 5.53. The smallest absolute Gasteiger partial charge is 0.321 e. The average molecular weight is 232 g/mol. The zero-order valence-corrected chi connectivity index (χ0v) is 10.1. The first-order valence-corrected chi connectivity index (χ1v) is 5.53. The molecule has 1 aromatic carbocycles. The molecular weight excluding hydrogens is 216 g/mol. The van der Waals surface area contributed by atoms with Crippen molar-refractivity contribution in [3.63, 3.8) is 0 Å². The van der Waals surface area contributed by atoms with Gasteiger partial charge in [0.15, 0.2) is 0 Å². The zero-order valence-electron chi connectivity index (χ0n) is 10.1. The molecule has 0 atom stereocenters. The summed E-state index contributed by atoms with van der Waals surface area (Å²) in [5, 5.41) is 7.01. The van der Waals surface area contributed by atoms with E-state index >= 15 is 0 Å². The molecule has 17 heavy (non-hydrogen) atoms. The Hall–Kier alpha value is -1.88. The zero-order chi connectivity index (χ0) is 12.1. The molecule has 1 N–H and O–H groups in total. The van der Waals surface area contributed by atoms with E-state index in [0.717, 1.165) is 18.7 Å². The summed E-state index contributed by atoms with van der Waals surface area (Å²) in [7, 11) is 4.04. The summed E-state index contributed by atoms with van der Waals surface area (Å²) >= 11 is 0. The average Bonchev–Trinajstić information content (AvgIpc) is 2.78. The third-order valence-corrected chi connectivity index (χ3v) is 2.29. The van der Waals surface area contributed by atoms with Crippen LogP contribution in [-0.4, -0.2) is 42.2 Å². The molecule has 90 valence electrons. The molecule has 0 bridgehead atoms. The molecular formula is C12H16N4O. The first-order chi connectivity index (χ1) is 8.25. The van der Waals surface area contributed by atoms with E-state index in [4.69, 9.17) is 4.52 Å². The Bertz CT molecular complexity index is 453. The minimum Gasteiger partial charge on any atom is -0.336 e. The lowest BCUT2D eigenvalue weighted by Gasteiger charge is -2.07. The molecule has 0 unspecified atom stereocenters. The van der Waals surface area contributed by atoms with Crippen LogP contribution >= 0.6 is 0 Å². The molecule has 0 spiro atoms. The Kier molecular flexibility index (Phi) is 3.72. The number of likely N-dealkylation sites (N-methyl/N-ethyl adjacent to an activating group) is 1. The van der Waals surface area contributed by atoms with Gasteiger partial charge in [-0.15, -0.1) is 0 Å². The second-order valence-electron chi connectivity index (χ2n) is 4.02. The molecule has 0 aliphatic heterocycles. The summed E-state index contributed by atoms with van der Waals surface area (Å²) in [6, 6.07) is 10.2. The van der Waals surface area contributed by atoms with E-state index in [9.17, 15) is 0 Å². The van der Waals surface area contributed by atoms with Crippen LogP contribution in [0, 0.1) is 0 Å². The normalized spacial score (nSPS) is 10.8. The van der Waals surface area contributed by atoms with Gasteiger partial charge in [-0.25, -0.2) is 0 Å².